The molecule has 2 N–H and O–H groups in total. The van der Waals surface area contributed by atoms with E-state index in [1.807, 2.05) is 12.1 Å². The summed E-state index contributed by atoms with van der Waals surface area (Å²) >= 11 is 0. The molecule has 0 spiro atoms. The van der Waals surface area contributed by atoms with E-state index < -0.39 is 10.3 Å². The first-order valence-electron chi connectivity index (χ1n) is 10.1. The zero-order valence-electron chi connectivity index (χ0n) is 16.4. The van der Waals surface area contributed by atoms with E-state index in [9.17, 15) is 13.7 Å². The number of methoxy groups -OCH3 is 1. The van der Waals surface area contributed by atoms with Crippen LogP contribution in [0.15, 0.2) is 12.1 Å². The number of fused-ring (bicyclic) bond motifs is 5. The molecule has 28 heavy (non-hydrogen) atoms. The van der Waals surface area contributed by atoms with Crippen LogP contribution in [-0.4, -0.2) is 20.1 Å². The molecule has 0 aliphatic heterocycles. The predicted molar refractivity (Wildman–Crippen MR) is 107 cm³/mol. The van der Waals surface area contributed by atoms with Gasteiger partial charge in [-0.1, -0.05) is 6.92 Å². The molecule has 0 aromatic heterocycles. The van der Waals surface area contributed by atoms with Crippen LogP contribution in [0, 0.1) is 34.5 Å². The Kier molecular flexibility index (Phi) is 4.83. The summed E-state index contributed by atoms with van der Waals surface area (Å²) in [4.78, 5) is 0. The van der Waals surface area contributed by atoms with Gasteiger partial charge in [0.25, 0.3) is 0 Å². The molecular weight excluding hydrogens is 376 g/mol. The quantitative estimate of drug-likeness (QED) is 0.729. The molecule has 3 aliphatic rings. The summed E-state index contributed by atoms with van der Waals surface area (Å²) < 4.78 is 39.3. The van der Waals surface area contributed by atoms with Crippen LogP contribution in [0.4, 0.5) is 5.69 Å². The molecule has 5 atom stereocenters. The Hall–Kier alpha value is -1.78. The second kappa shape index (κ2) is 6.93. The van der Waals surface area contributed by atoms with Crippen molar-refractivity contribution < 1.29 is 17.7 Å². The van der Waals surface area contributed by atoms with Gasteiger partial charge in [0.15, 0.2) is 0 Å². The van der Waals surface area contributed by atoms with Crippen molar-refractivity contribution in [2.24, 2.45) is 23.2 Å². The van der Waals surface area contributed by atoms with Gasteiger partial charge in [0.1, 0.15) is 5.75 Å². The fourth-order valence-electron chi connectivity index (χ4n) is 6.54. The largest absolute Gasteiger partial charge is 0.495 e. The molecule has 6 nitrogen and oxygen atoms in total. The number of hydrogen-bond acceptors (Lipinski definition) is 4. The summed E-state index contributed by atoms with van der Waals surface area (Å²) in [6.07, 6.45) is 7.26. The molecule has 152 valence electrons. The van der Waals surface area contributed by atoms with E-state index in [2.05, 4.69) is 17.7 Å². The zero-order valence-corrected chi connectivity index (χ0v) is 17.3. The average molecular weight is 405 g/mol. The van der Waals surface area contributed by atoms with Gasteiger partial charge in [0.05, 0.1) is 18.9 Å². The Morgan fingerprint density at radius 3 is 2.79 bits per heavy atom. The summed E-state index contributed by atoms with van der Waals surface area (Å²) in [6.45, 7) is 2.40. The number of ether oxygens (including phenoxy) is 1. The van der Waals surface area contributed by atoms with Gasteiger partial charge in [-0.15, -0.1) is 0 Å². The second-order valence-electron chi connectivity index (χ2n) is 8.92. The molecule has 1 aromatic rings. The maximum Gasteiger partial charge on any atom is 0.357 e. The van der Waals surface area contributed by atoms with Crippen LogP contribution in [-0.2, 0) is 16.7 Å². The Bertz CT molecular complexity index is 923. The molecule has 0 amide bonds. The number of benzene rings is 1. The van der Waals surface area contributed by atoms with Gasteiger partial charge in [-0.3, -0.25) is 9.27 Å². The monoisotopic (exact) mass is 404 g/mol. The summed E-state index contributed by atoms with van der Waals surface area (Å²) in [5.41, 5.74) is 2.96. The van der Waals surface area contributed by atoms with Crippen molar-refractivity contribution >= 4 is 16.0 Å². The number of nitrogens with zero attached hydrogens (tertiary/aromatic N) is 1. The van der Waals surface area contributed by atoms with Crippen LogP contribution in [0.3, 0.4) is 0 Å². The molecule has 4 rings (SSSR count). The number of nitrogens with one attached hydrogen (secondary N) is 1. The standard InChI is InChI=1S/C21H28N2O4S/c1-21-9-7-15-16(18(21)6-4-14(21)8-10-22)5-3-13-11-19(23-28(24,25)26)20(27-2)12-17(13)15/h11-12,14-16,18,23H,3-9H2,1-2H3,(H,24,25,26)/t14-,15+,16-,18+,21-/m1/s1. The molecule has 0 heterocycles. The molecule has 7 heteroatoms. The van der Waals surface area contributed by atoms with E-state index in [1.54, 1.807) is 0 Å². The highest BCUT2D eigenvalue weighted by Crippen LogP contribution is 2.63. The first kappa shape index (κ1) is 19.5. The molecule has 0 radical (unpaired) electrons. The maximum atomic E-state index is 11.3. The minimum absolute atomic E-state index is 0.269. The molecule has 2 saturated carbocycles. The van der Waals surface area contributed by atoms with Crippen molar-refractivity contribution in [3.63, 3.8) is 0 Å². The van der Waals surface area contributed by atoms with Crippen LogP contribution < -0.4 is 9.46 Å². The van der Waals surface area contributed by atoms with Crippen LogP contribution in [0.5, 0.6) is 5.75 Å². The minimum atomic E-state index is -4.35. The molecule has 2 fully saturated rings. The SMILES string of the molecule is COc1cc2c(cc1NS(=O)(=O)O)CC[C@@H]1[C@@H]2CC[C@]2(C)[C@@H](CC#N)CC[C@@H]12. The molecule has 0 bridgehead atoms. The van der Waals surface area contributed by atoms with Gasteiger partial charge in [-0.25, -0.2) is 0 Å². The van der Waals surface area contributed by atoms with E-state index in [-0.39, 0.29) is 11.1 Å². The highest BCUT2D eigenvalue weighted by atomic mass is 32.2. The third kappa shape index (κ3) is 3.17. The van der Waals surface area contributed by atoms with Crippen molar-refractivity contribution in [1.29, 1.82) is 5.26 Å². The smallest absolute Gasteiger partial charge is 0.357 e. The van der Waals surface area contributed by atoms with Crippen LogP contribution in [0.1, 0.15) is 62.5 Å². The highest BCUT2D eigenvalue weighted by molar-refractivity contribution is 7.87. The Morgan fingerprint density at radius 2 is 2.11 bits per heavy atom. The van der Waals surface area contributed by atoms with E-state index >= 15 is 0 Å². The van der Waals surface area contributed by atoms with Crippen molar-refractivity contribution in [1.82, 2.24) is 0 Å². The number of aryl methyl sites for hydroxylation is 1. The third-order valence-electron chi connectivity index (χ3n) is 7.82. The Labute approximate surface area is 167 Å². The van der Waals surface area contributed by atoms with Crippen molar-refractivity contribution in [2.75, 3.05) is 11.8 Å². The van der Waals surface area contributed by atoms with Gasteiger partial charge < -0.3 is 4.74 Å². The minimum Gasteiger partial charge on any atom is -0.495 e. The summed E-state index contributed by atoms with van der Waals surface area (Å²) in [7, 11) is -2.83. The van der Waals surface area contributed by atoms with Crippen molar-refractivity contribution in [3.8, 4) is 11.8 Å². The lowest BCUT2D eigenvalue weighted by Gasteiger charge is -2.51. The lowest BCUT2D eigenvalue weighted by molar-refractivity contribution is 0.0297. The normalized spacial score (nSPS) is 33.9. The summed E-state index contributed by atoms with van der Waals surface area (Å²) in [5, 5.41) is 9.23. The Morgan fingerprint density at radius 1 is 1.32 bits per heavy atom. The third-order valence-corrected chi connectivity index (χ3v) is 8.30. The number of hydrogen-bond donors (Lipinski definition) is 2. The lowest BCUT2D eigenvalue weighted by Crippen LogP contribution is -2.42. The van der Waals surface area contributed by atoms with Crippen molar-refractivity contribution in [2.45, 2.75) is 57.8 Å². The zero-order chi connectivity index (χ0) is 20.1. The van der Waals surface area contributed by atoms with Gasteiger partial charge >= 0.3 is 10.3 Å². The lowest BCUT2D eigenvalue weighted by atomic mass is 9.54. The van der Waals surface area contributed by atoms with Crippen LogP contribution in [0.2, 0.25) is 0 Å². The predicted octanol–water partition coefficient (Wildman–Crippen LogP) is 4.30. The average Bonchev–Trinajstić information content (AvgIpc) is 2.96. The van der Waals surface area contributed by atoms with Gasteiger partial charge in [-0.05, 0) is 90.9 Å². The van der Waals surface area contributed by atoms with Crippen molar-refractivity contribution in [3.05, 3.63) is 23.3 Å². The van der Waals surface area contributed by atoms with E-state index in [1.165, 1.54) is 19.1 Å². The molecule has 3 aliphatic carbocycles. The fourth-order valence-corrected chi connectivity index (χ4v) is 6.98. The van der Waals surface area contributed by atoms with E-state index in [0.717, 1.165) is 37.7 Å². The summed E-state index contributed by atoms with van der Waals surface area (Å²) in [6, 6.07) is 6.18. The fraction of sp³-hybridized carbons (Fsp3) is 0.667. The Balaban J connectivity index is 1.67. The van der Waals surface area contributed by atoms with Gasteiger partial charge in [0.2, 0.25) is 0 Å². The van der Waals surface area contributed by atoms with E-state index in [4.69, 9.17) is 9.29 Å². The molecule has 0 unspecified atom stereocenters. The van der Waals surface area contributed by atoms with Gasteiger partial charge in [-0.2, -0.15) is 13.7 Å². The van der Waals surface area contributed by atoms with Crippen LogP contribution in [0.25, 0.3) is 0 Å². The highest BCUT2D eigenvalue weighted by Gasteiger charge is 2.54. The maximum absolute atomic E-state index is 11.3. The molecule has 0 saturated heterocycles. The number of rotatable bonds is 4. The van der Waals surface area contributed by atoms with Crippen LogP contribution >= 0.6 is 0 Å². The summed E-state index contributed by atoms with van der Waals surface area (Å²) in [5.74, 6) is 2.68. The molecular formula is C21H28N2O4S. The first-order chi connectivity index (χ1) is 13.3. The molecule has 1 aromatic carbocycles. The topological polar surface area (TPSA) is 99.4 Å². The second-order valence-corrected chi connectivity index (χ2v) is 10.1. The number of anilines is 1. The van der Waals surface area contributed by atoms with E-state index in [0.29, 0.717) is 35.8 Å². The number of nitriles is 1. The first-order valence-corrected chi connectivity index (χ1v) is 11.5. The van der Waals surface area contributed by atoms with Gasteiger partial charge in [0, 0.05) is 6.42 Å².